The van der Waals surface area contributed by atoms with Gasteiger partial charge in [0.05, 0.1) is 0 Å². The van der Waals surface area contributed by atoms with Gasteiger partial charge in [0.25, 0.3) is 0 Å². The van der Waals surface area contributed by atoms with E-state index in [4.69, 9.17) is 10.5 Å². The lowest BCUT2D eigenvalue weighted by Crippen LogP contribution is -1.91. The van der Waals surface area contributed by atoms with Crippen molar-refractivity contribution in [2.75, 3.05) is 5.73 Å². The van der Waals surface area contributed by atoms with Gasteiger partial charge in [-0.15, -0.1) is 0 Å². The van der Waals surface area contributed by atoms with Crippen molar-refractivity contribution in [1.82, 2.24) is 0 Å². The van der Waals surface area contributed by atoms with Crippen LogP contribution in [0.25, 0.3) is 0 Å². The molecular formula is C15H16FNO. The molecular weight excluding hydrogens is 229 g/mol. The number of halogens is 1. The molecule has 2 aromatic rings. The Morgan fingerprint density at radius 2 is 1.67 bits per heavy atom. The lowest BCUT2D eigenvalue weighted by atomic mass is 10.0. The van der Waals surface area contributed by atoms with Gasteiger partial charge in [-0.3, -0.25) is 0 Å². The Balaban J connectivity index is 2.18. The minimum atomic E-state index is -0.399. The Bertz CT molecular complexity index is 514. The van der Waals surface area contributed by atoms with E-state index in [2.05, 4.69) is 13.8 Å². The average molecular weight is 245 g/mol. The standard InChI is InChI=1S/C15H16FNO/c1-10(2)11-3-5-14(6-4-11)18-15-8-12(16)7-13(17)9-15/h3-10H,17H2,1-2H3. The molecule has 18 heavy (non-hydrogen) atoms. The molecule has 0 amide bonds. The number of benzene rings is 2. The van der Waals surface area contributed by atoms with Gasteiger partial charge < -0.3 is 10.5 Å². The third kappa shape index (κ3) is 3.00. The van der Waals surface area contributed by atoms with Crippen LogP contribution in [0.5, 0.6) is 11.5 Å². The summed E-state index contributed by atoms with van der Waals surface area (Å²) in [5, 5.41) is 0. The highest BCUT2D eigenvalue weighted by atomic mass is 19.1. The van der Waals surface area contributed by atoms with Crippen LogP contribution in [0.4, 0.5) is 10.1 Å². The van der Waals surface area contributed by atoms with Crippen LogP contribution in [-0.2, 0) is 0 Å². The van der Waals surface area contributed by atoms with Crippen LogP contribution in [-0.4, -0.2) is 0 Å². The van der Waals surface area contributed by atoms with Crippen molar-refractivity contribution in [3.05, 3.63) is 53.8 Å². The highest BCUT2D eigenvalue weighted by molar-refractivity contribution is 5.46. The molecule has 0 atom stereocenters. The molecule has 0 aliphatic heterocycles. The number of hydrogen-bond donors (Lipinski definition) is 1. The molecule has 0 aliphatic carbocycles. The molecule has 2 rings (SSSR count). The predicted molar refractivity (Wildman–Crippen MR) is 71.4 cm³/mol. The molecule has 0 spiro atoms. The van der Waals surface area contributed by atoms with Gasteiger partial charge in [0.2, 0.25) is 0 Å². The van der Waals surface area contributed by atoms with Gasteiger partial charge in [0.1, 0.15) is 17.3 Å². The SMILES string of the molecule is CC(C)c1ccc(Oc2cc(N)cc(F)c2)cc1. The van der Waals surface area contributed by atoms with E-state index < -0.39 is 5.82 Å². The summed E-state index contributed by atoms with van der Waals surface area (Å²) in [5.41, 5.74) is 7.14. The van der Waals surface area contributed by atoms with Crippen molar-refractivity contribution in [3.63, 3.8) is 0 Å². The molecule has 2 nitrogen and oxygen atoms in total. The van der Waals surface area contributed by atoms with Crippen LogP contribution in [0.3, 0.4) is 0 Å². The molecule has 2 aromatic carbocycles. The first-order valence-electron chi connectivity index (χ1n) is 5.88. The molecule has 0 saturated carbocycles. The lowest BCUT2D eigenvalue weighted by molar-refractivity contribution is 0.477. The monoisotopic (exact) mass is 245 g/mol. The van der Waals surface area contributed by atoms with Gasteiger partial charge in [-0.2, -0.15) is 0 Å². The lowest BCUT2D eigenvalue weighted by Gasteiger charge is -2.09. The molecule has 94 valence electrons. The van der Waals surface area contributed by atoms with Crippen molar-refractivity contribution >= 4 is 5.69 Å². The Hall–Kier alpha value is -2.03. The second-order valence-electron chi connectivity index (χ2n) is 4.55. The molecule has 0 fully saturated rings. The number of nitrogens with two attached hydrogens (primary N) is 1. The molecule has 0 aliphatic rings. The second-order valence-corrected chi connectivity index (χ2v) is 4.55. The third-order valence-corrected chi connectivity index (χ3v) is 2.68. The van der Waals surface area contributed by atoms with Gasteiger partial charge in [-0.25, -0.2) is 4.39 Å². The zero-order valence-electron chi connectivity index (χ0n) is 10.5. The van der Waals surface area contributed by atoms with E-state index in [1.807, 2.05) is 24.3 Å². The Morgan fingerprint density at radius 3 is 2.22 bits per heavy atom. The van der Waals surface area contributed by atoms with Crippen molar-refractivity contribution in [2.24, 2.45) is 0 Å². The predicted octanol–water partition coefficient (Wildman–Crippen LogP) is 4.32. The van der Waals surface area contributed by atoms with Crippen molar-refractivity contribution in [3.8, 4) is 11.5 Å². The Labute approximate surface area is 106 Å². The first-order chi connectivity index (χ1) is 8.54. The summed E-state index contributed by atoms with van der Waals surface area (Å²) < 4.78 is 18.7. The zero-order chi connectivity index (χ0) is 13.1. The van der Waals surface area contributed by atoms with E-state index in [9.17, 15) is 4.39 Å². The number of ether oxygens (including phenoxy) is 1. The van der Waals surface area contributed by atoms with E-state index in [0.29, 0.717) is 23.1 Å². The van der Waals surface area contributed by atoms with Crippen LogP contribution >= 0.6 is 0 Å². The fraction of sp³-hybridized carbons (Fsp3) is 0.200. The maximum Gasteiger partial charge on any atom is 0.132 e. The van der Waals surface area contributed by atoms with Crippen LogP contribution in [0, 0.1) is 5.82 Å². The fourth-order valence-corrected chi connectivity index (χ4v) is 1.70. The van der Waals surface area contributed by atoms with E-state index in [1.54, 1.807) is 6.07 Å². The summed E-state index contributed by atoms with van der Waals surface area (Å²) in [7, 11) is 0. The summed E-state index contributed by atoms with van der Waals surface area (Å²) >= 11 is 0. The maximum absolute atomic E-state index is 13.1. The molecule has 3 heteroatoms. The highest BCUT2D eigenvalue weighted by Gasteiger charge is 2.03. The quantitative estimate of drug-likeness (QED) is 0.817. The van der Waals surface area contributed by atoms with Crippen molar-refractivity contribution in [1.29, 1.82) is 0 Å². The molecule has 0 aromatic heterocycles. The third-order valence-electron chi connectivity index (χ3n) is 2.68. The zero-order valence-corrected chi connectivity index (χ0v) is 10.5. The summed E-state index contributed by atoms with van der Waals surface area (Å²) in [5.74, 6) is 1.15. The number of anilines is 1. The molecule has 0 radical (unpaired) electrons. The smallest absolute Gasteiger partial charge is 0.132 e. The van der Waals surface area contributed by atoms with Crippen molar-refractivity contribution < 1.29 is 9.13 Å². The van der Waals surface area contributed by atoms with Crippen LogP contribution < -0.4 is 10.5 Å². The van der Waals surface area contributed by atoms with Crippen molar-refractivity contribution in [2.45, 2.75) is 19.8 Å². The van der Waals surface area contributed by atoms with Crippen LogP contribution in [0.15, 0.2) is 42.5 Å². The first-order valence-corrected chi connectivity index (χ1v) is 5.88. The Morgan fingerprint density at radius 1 is 1.00 bits per heavy atom. The number of hydrogen-bond acceptors (Lipinski definition) is 2. The summed E-state index contributed by atoms with van der Waals surface area (Å²) in [6.07, 6.45) is 0. The van der Waals surface area contributed by atoms with Crippen LogP contribution in [0.2, 0.25) is 0 Å². The fourth-order valence-electron chi connectivity index (χ4n) is 1.70. The first kappa shape index (κ1) is 12.4. The average Bonchev–Trinajstić information content (AvgIpc) is 2.28. The van der Waals surface area contributed by atoms with E-state index in [-0.39, 0.29) is 0 Å². The van der Waals surface area contributed by atoms with Gasteiger partial charge in [-0.05, 0) is 29.7 Å². The summed E-state index contributed by atoms with van der Waals surface area (Å²) in [4.78, 5) is 0. The number of nitrogen functional groups attached to an aromatic ring is 1. The minimum Gasteiger partial charge on any atom is -0.457 e. The molecule has 2 N–H and O–H groups in total. The molecule has 0 heterocycles. The molecule has 0 saturated heterocycles. The van der Waals surface area contributed by atoms with Gasteiger partial charge in [0, 0.05) is 17.8 Å². The van der Waals surface area contributed by atoms with Gasteiger partial charge in [0.15, 0.2) is 0 Å². The molecule has 0 bridgehead atoms. The Kier molecular flexibility index (Phi) is 3.51. The van der Waals surface area contributed by atoms with Gasteiger partial charge in [-0.1, -0.05) is 26.0 Å². The van der Waals surface area contributed by atoms with E-state index in [1.165, 1.54) is 17.7 Å². The largest absolute Gasteiger partial charge is 0.457 e. The topological polar surface area (TPSA) is 35.2 Å². The normalized spacial score (nSPS) is 10.7. The number of rotatable bonds is 3. The van der Waals surface area contributed by atoms with Crippen LogP contribution in [0.1, 0.15) is 25.3 Å². The van der Waals surface area contributed by atoms with E-state index in [0.717, 1.165) is 0 Å². The minimum absolute atomic E-state index is 0.351. The van der Waals surface area contributed by atoms with E-state index >= 15 is 0 Å². The summed E-state index contributed by atoms with van der Waals surface area (Å²) in [6.45, 7) is 4.26. The highest BCUT2D eigenvalue weighted by Crippen LogP contribution is 2.26. The van der Waals surface area contributed by atoms with Gasteiger partial charge >= 0.3 is 0 Å². The molecule has 0 unspecified atom stereocenters. The second kappa shape index (κ2) is 5.08. The maximum atomic E-state index is 13.1. The summed E-state index contributed by atoms with van der Waals surface area (Å²) in [6, 6.07) is 11.9.